The van der Waals surface area contributed by atoms with Crippen molar-refractivity contribution in [2.24, 2.45) is 0 Å². The average Bonchev–Trinajstić information content (AvgIpc) is 2.80. The van der Waals surface area contributed by atoms with E-state index in [0.717, 1.165) is 0 Å². The van der Waals surface area contributed by atoms with E-state index in [-0.39, 0.29) is 12.5 Å². The fraction of sp³-hybridized carbons (Fsp3) is 0.308. The zero-order chi connectivity index (χ0) is 15.4. The van der Waals surface area contributed by atoms with Crippen molar-refractivity contribution in [3.8, 4) is 5.75 Å². The zero-order valence-corrected chi connectivity index (χ0v) is 11.7. The lowest BCUT2D eigenvalue weighted by atomic mass is 10.3. The summed E-state index contributed by atoms with van der Waals surface area (Å²) < 4.78 is 6.34. The highest BCUT2D eigenvalue weighted by molar-refractivity contribution is 5.46. The molecule has 1 aromatic heterocycles. The summed E-state index contributed by atoms with van der Waals surface area (Å²) in [5, 5.41) is 23.7. The molecule has 0 bridgehead atoms. The number of nitrogens with one attached hydrogen (secondary N) is 1. The summed E-state index contributed by atoms with van der Waals surface area (Å²) >= 11 is 0. The number of aliphatic hydroxyl groups is 1. The summed E-state index contributed by atoms with van der Waals surface area (Å²) in [6.45, 7) is 1.68. The number of benzene rings is 1. The Bertz CT molecular complexity index is 624. The molecule has 1 aromatic carbocycles. The molecule has 0 amide bonds. The fourth-order valence-electron chi connectivity index (χ4n) is 1.93. The van der Waals surface area contributed by atoms with Gasteiger partial charge in [-0.1, -0.05) is 4.98 Å². The Morgan fingerprint density at radius 3 is 2.71 bits per heavy atom. The standard InChI is InChI=1S/C13H16N4O4/c1-9-7-16(13(14-9)17(19)20)8-12(18)15-10-3-5-11(21-2)6-4-10/h3-7,12,15,18H,8H2,1-2H3. The SMILES string of the molecule is COc1ccc(NC(O)Cn2cc(C)nc2[N+](=O)[O-])cc1. The van der Waals surface area contributed by atoms with Gasteiger partial charge in [-0.25, -0.2) is 4.57 Å². The minimum Gasteiger partial charge on any atom is -0.497 e. The highest BCUT2D eigenvalue weighted by atomic mass is 16.6. The van der Waals surface area contributed by atoms with Gasteiger partial charge in [0.1, 0.15) is 24.2 Å². The number of hydrogen-bond donors (Lipinski definition) is 2. The van der Waals surface area contributed by atoms with Crippen molar-refractivity contribution >= 4 is 11.6 Å². The lowest BCUT2D eigenvalue weighted by Gasteiger charge is -2.13. The molecule has 1 unspecified atom stereocenters. The number of rotatable bonds is 6. The molecule has 0 aliphatic carbocycles. The number of nitrogens with zero attached hydrogens (tertiary/aromatic N) is 3. The van der Waals surface area contributed by atoms with E-state index in [9.17, 15) is 15.2 Å². The van der Waals surface area contributed by atoms with Crippen LogP contribution in [0.25, 0.3) is 0 Å². The summed E-state index contributed by atoms with van der Waals surface area (Å²) in [5.74, 6) is 0.416. The zero-order valence-electron chi connectivity index (χ0n) is 11.7. The Balaban J connectivity index is 2.04. The van der Waals surface area contributed by atoms with Crippen molar-refractivity contribution in [1.29, 1.82) is 0 Å². The van der Waals surface area contributed by atoms with Gasteiger partial charge in [0.2, 0.25) is 0 Å². The number of hydrogen-bond acceptors (Lipinski definition) is 6. The third-order valence-corrected chi connectivity index (χ3v) is 2.83. The quantitative estimate of drug-likeness (QED) is 0.475. The highest BCUT2D eigenvalue weighted by Gasteiger charge is 2.19. The van der Waals surface area contributed by atoms with Gasteiger partial charge >= 0.3 is 5.95 Å². The number of aromatic nitrogens is 2. The van der Waals surface area contributed by atoms with Crippen LogP contribution in [0.4, 0.5) is 11.6 Å². The molecular weight excluding hydrogens is 276 g/mol. The van der Waals surface area contributed by atoms with Gasteiger partial charge in [-0.15, -0.1) is 0 Å². The summed E-state index contributed by atoms with van der Waals surface area (Å²) in [4.78, 5) is 14.1. The molecule has 2 aromatic rings. The largest absolute Gasteiger partial charge is 0.497 e. The lowest BCUT2D eigenvalue weighted by Crippen LogP contribution is -2.25. The molecule has 0 fully saturated rings. The van der Waals surface area contributed by atoms with Crippen LogP contribution in [0.1, 0.15) is 5.69 Å². The first kappa shape index (κ1) is 14.8. The number of nitro groups is 1. The van der Waals surface area contributed by atoms with Crippen molar-refractivity contribution in [3.05, 3.63) is 46.3 Å². The fourth-order valence-corrected chi connectivity index (χ4v) is 1.93. The number of aliphatic hydroxyl groups excluding tert-OH is 1. The van der Waals surface area contributed by atoms with Gasteiger partial charge in [0.05, 0.1) is 7.11 Å². The van der Waals surface area contributed by atoms with Gasteiger partial charge in [-0.2, -0.15) is 0 Å². The molecule has 1 heterocycles. The third kappa shape index (κ3) is 3.69. The summed E-state index contributed by atoms with van der Waals surface area (Å²) in [6, 6.07) is 6.99. The van der Waals surface area contributed by atoms with E-state index in [0.29, 0.717) is 17.1 Å². The van der Waals surface area contributed by atoms with E-state index in [2.05, 4.69) is 10.3 Å². The second kappa shape index (κ2) is 6.23. The highest BCUT2D eigenvalue weighted by Crippen LogP contribution is 2.17. The average molecular weight is 292 g/mol. The van der Waals surface area contributed by atoms with Gasteiger partial charge in [0, 0.05) is 5.69 Å². The first-order valence-corrected chi connectivity index (χ1v) is 6.26. The lowest BCUT2D eigenvalue weighted by molar-refractivity contribution is -0.397. The van der Waals surface area contributed by atoms with Crippen LogP contribution >= 0.6 is 0 Å². The van der Waals surface area contributed by atoms with E-state index in [1.165, 1.54) is 10.8 Å². The molecule has 0 saturated heterocycles. The number of aryl methyl sites for hydroxylation is 1. The second-order valence-corrected chi connectivity index (χ2v) is 4.48. The Kier molecular flexibility index (Phi) is 4.39. The molecule has 112 valence electrons. The maximum atomic E-state index is 10.9. The number of methoxy groups -OCH3 is 1. The molecule has 1 atom stereocenters. The van der Waals surface area contributed by atoms with Crippen molar-refractivity contribution in [2.75, 3.05) is 12.4 Å². The molecule has 0 spiro atoms. The van der Waals surface area contributed by atoms with Crippen LogP contribution in [0, 0.1) is 17.0 Å². The molecule has 2 rings (SSSR count). The number of ether oxygens (including phenoxy) is 1. The summed E-state index contributed by atoms with van der Waals surface area (Å²) in [7, 11) is 1.57. The van der Waals surface area contributed by atoms with Crippen LogP contribution in [0.2, 0.25) is 0 Å². The maximum absolute atomic E-state index is 10.9. The van der Waals surface area contributed by atoms with Gasteiger partial charge in [-0.3, -0.25) is 0 Å². The van der Waals surface area contributed by atoms with E-state index < -0.39 is 11.2 Å². The molecule has 8 nitrogen and oxygen atoms in total. The molecule has 21 heavy (non-hydrogen) atoms. The van der Waals surface area contributed by atoms with Crippen LogP contribution in [-0.2, 0) is 6.54 Å². The summed E-state index contributed by atoms with van der Waals surface area (Å²) in [5.41, 5.74) is 1.21. The molecule has 0 aliphatic rings. The van der Waals surface area contributed by atoms with Crippen LogP contribution in [0.5, 0.6) is 5.75 Å². The Labute approximate surface area is 121 Å². The van der Waals surface area contributed by atoms with Crippen molar-refractivity contribution in [2.45, 2.75) is 19.7 Å². The van der Waals surface area contributed by atoms with Gasteiger partial charge in [-0.05, 0) is 36.1 Å². The normalized spacial score (nSPS) is 12.0. The predicted molar refractivity (Wildman–Crippen MR) is 76.2 cm³/mol. The third-order valence-electron chi connectivity index (χ3n) is 2.83. The van der Waals surface area contributed by atoms with Crippen molar-refractivity contribution in [1.82, 2.24) is 9.55 Å². The Morgan fingerprint density at radius 1 is 1.48 bits per heavy atom. The second-order valence-electron chi connectivity index (χ2n) is 4.48. The predicted octanol–water partition coefficient (Wildman–Crippen LogP) is 1.54. The van der Waals surface area contributed by atoms with Crippen LogP contribution in [0.15, 0.2) is 30.5 Å². The monoisotopic (exact) mass is 292 g/mol. The van der Waals surface area contributed by atoms with Crippen LogP contribution in [-0.4, -0.2) is 32.9 Å². The van der Waals surface area contributed by atoms with Crippen LogP contribution < -0.4 is 10.1 Å². The van der Waals surface area contributed by atoms with Gasteiger partial charge < -0.3 is 25.3 Å². The van der Waals surface area contributed by atoms with Crippen molar-refractivity contribution in [3.63, 3.8) is 0 Å². The van der Waals surface area contributed by atoms with E-state index in [4.69, 9.17) is 4.74 Å². The maximum Gasteiger partial charge on any atom is 0.434 e. The first-order valence-electron chi connectivity index (χ1n) is 6.26. The van der Waals surface area contributed by atoms with Gasteiger partial charge in [0.25, 0.3) is 0 Å². The topological polar surface area (TPSA) is 102 Å². The molecule has 0 radical (unpaired) electrons. The Morgan fingerprint density at radius 2 is 2.14 bits per heavy atom. The van der Waals surface area contributed by atoms with E-state index in [1.54, 1.807) is 38.3 Å². The smallest absolute Gasteiger partial charge is 0.434 e. The molecule has 2 N–H and O–H groups in total. The molecule has 0 saturated carbocycles. The molecular formula is C13H16N4O4. The summed E-state index contributed by atoms with van der Waals surface area (Å²) in [6.07, 6.45) is 0.544. The van der Waals surface area contributed by atoms with Crippen LogP contribution in [0.3, 0.4) is 0 Å². The van der Waals surface area contributed by atoms with Crippen molar-refractivity contribution < 1.29 is 14.8 Å². The van der Waals surface area contributed by atoms with E-state index in [1.807, 2.05) is 0 Å². The van der Waals surface area contributed by atoms with Gasteiger partial charge in [0.15, 0.2) is 6.23 Å². The number of imidazole rings is 1. The first-order chi connectivity index (χ1) is 9.99. The minimum atomic E-state index is -0.981. The minimum absolute atomic E-state index is 0.0170. The van der Waals surface area contributed by atoms with E-state index >= 15 is 0 Å². The number of anilines is 1. The molecule has 8 heteroatoms. The molecule has 0 aliphatic heterocycles. The Hall–Kier alpha value is -2.61.